The number of aromatic nitrogens is 4. The number of aromatic amines is 1. The zero-order valence-electron chi connectivity index (χ0n) is 12.9. The van der Waals surface area contributed by atoms with E-state index in [1.54, 1.807) is 23.0 Å². The van der Waals surface area contributed by atoms with Gasteiger partial charge in [-0.25, -0.2) is 9.67 Å². The fourth-order valence-electron chi connectivity index (χ4n) is 2.11. The van der Waals surface area contributed by atoms with Crippen LogP contribution >= 0.6 is 0 Å². The van der Waals surface area contributed by atoms with E-state index in [9.17, 15) is 9.59 Å². The minimum atomic E-state index is -0.482. The highest BCUT2D eigenvalue weighted by Gasteiger charge is 2.08. The Hall–Kier alpha value is -3.48. The fraction of sp³-hybridized carbons (Fsp3) is 0.0588. The van der Waals surface area contributed by atoms with E-state index in [4.69, 9.17) is 0 Å². The van der Waals surface area contributed by atoms with Crippen molar-refractivity contribution in [2.24, 2.45) is 0 Å². The molecule has 0 atom stereocenters. The van der Waals surface area contributed by atoms with Gasteiger partial charge in [0, 0.05) is 25.0 Å². The van der Waals surface area contributed by atoms with Crippen LogP contribution in [-0.2, 0) is 0 Å². The summed E-state index contributed by atoms with van der Waals surface area (Å²) in [5.41, 5.74) is 1.31. The van der Waals surface area contributed by atoms with Gasteiger partial charge in [-0.1, -0.05) is 18.2 Å². The molecule has 0 spiro atoms. The summed E-state index contributed by atoms with van der Waals surface area (Å²) in [6.07, 6.45) is 8.26. The molecule has 0 saturated heterocycles. The minimum absolute atomic E-state index is 0.0217. The highest BCUT2D eigenvalue weighted by Crippen LogP contribution is 2.09. The molecule has 2 N–H and O–H groups in total. The maximum Gasteiger partial charge on any atom is 0.263 e. The molecule has 0 aliphatic heterocycles. The highest BCUT2D eigenvalue weighted by molar-refractivity contribution is 5.93. The van der Waals surface area contributed by atoms with Crippen molar-refractivity contribution in [3.8, 4) is 5.69 Å². The Bertz CT molecular complexity index is 941. The van der Waals surface area contributed by atoms with Crippen LogP contribution in [-0.4, -0.2) is 32.7 Å². The largest absolute Gasteiger partial charge is 0.355 e. The van der Waals surface area contributed by atoms with E-state index in [-0.39, 0.29) is 5.56 Å². The first-order valence-electron chi connectivity index (χ1n) is 7.27. The van der Waals surface area contributed by atoms with Crippen LogP contribution < -0.4 is 10.9 Å². The number of amides is 1. The molecule has 7 nitrogen and oxygen atoms in total. The van der Waals surface area contributed by atoms with Crippen molar-refractivity contribution < 1.29 is 4.79 Å². The summed E-state index contributed by atoms with van der Waals surface area (Å²) in [5.74, 6) is -0.108. The summed E-state index contributed by atoms with van der Waals surface area (Å²) in [7, 11) is 1.46. The lowest BCUT2D eigenvalue weighted by atomic mass is 10.3. The molecule has 1 amide bonds. The predicted octanol–water partition coefficient (Wildman–Crippen LogP) is 1.49. The van der Waals surface area contributed by atoms with Gasteiger partial charge >= 0.3 is 0 Å². The summed E-state index contributed by atoms with van der Waals surface area (Å²) in [4.78, 5) is 29.9. The van der Waals surface area contributed by atoms with Gasteiger partial charge in [-0.15, -0.1) is 0 Å². The van der Waals surface area contributed by atoms with E-state index < -0.39 is 11.5 Å². The van der Waals surface area contributed by atoms with Crippen molar-refractivity contribution in [2.45, 2.75) is 0 Å². The van der Waals surface area contributed by atoms with Gasteiger partial charge in [-0.3, -0.25) is 9.59 Å². The lowest BCUT2D eigenvalue weighted by Crippen LogP contribution is -2.27. The van der Waals surface area contributed by atoms with Crippen molar-refractivity contribution in [3.63, 3.8) is 0 Å². The van der Waals surface area contributed by atoms with Crippen LogP contribution in [0.4, 0.5) is 0 Å². The summed E-state index contributed by atoms with van der Waals surface area (Å²) in [6, 6.07) is 9.73. The average molecular weight is 321 g/mol. The molecule has 24 heavy (non-hydrogen) atoms. The Morgan fingerprint density at radius 3 is 2.71 bits per heavy atom. The smallest absolute Gasteiger partial charge is 0.263 e. The van der Waals surface area contributed by atoms with Crippen molar-refractivity contribution in [3.05, 3.63) is 76.2 Å². The third-order valence-corrected chi connectivity index (χ3v) is 3.35. The molecule has 3 aromatic rings. The van der Waals surface area contributed by atoms with Gasteiger partial charge in [-0.05, 0) is 24.3 Å². The van der Waals surface area contributed by atoms with Gasteiger partial charge in [0.25, 0.3) is 11.5 Å². The molecule has 0 aliphatic carbocycles. The van der Waals surface area contributed by atoms with E-state index in [0.29, 0.717) is 5.82 Å². The maximum absolute atomic E-state index is 11.8. The van der Waals surface area contributed by atoms with E-state index >= 15 is 0 Å². The molecule has 120 valence electrons. The minimum Gasteiger partial charge on any atom is -0.355 e. The van der Waals surface area contributed by atoms with Crippen LogP contribution in [0.5, 0.6) is 0 Å². The molecular weight excluding hydrogens is 306 g/mol. The Morgan fingerprint density at radius 1 is 1.21 bits per heavy atom. The zero-order valence-corrected chi connectivity index (χ0v) is 12.9. The van der Waals surface area contributed by atoms with E-state index in [0.717, 1.165) is 11.3 Å². The lowest BCUT2D eigenvalue weighted by Gasteiger charge is -1.99. The van der Waals surface area contributed by atoms with Gasteiger partial charge in [-0.2, -0.15) is 5.10 Å². The second kappa shape index (κ2) is 6.74. The molecule has 0 saturated carbocycles. The summed E-state index contributed by atoms with van der Waals surface area (Å²) < 4.78 is 1.75. The van der Waals surface area contributed by atoms with Crippen LogP contribution in [0.1, 0.15) is 21.7 Å². The number of rotatable bonds is 4. The summed E-state index contributed by atoms with van der Waals surface area (Å²) in [6.45, 7) is 0. The summed E-state index contributed by atoms with van der Waals surface area (Å²) in [5, 5.41) is 6.67. The second-order valence-electron chi connectivity index (χ2n) is 4.98. The van der Waals surface area contributed by atoms with Gasteiger partial charge in [0.15, 0.2) is 0 Å². The first kappa shape index (κ1) is 15.4. The average Bonchev–Trinajstić information content (AvgIpc) is 3.09. The van der Waals surface area contributed by atoms with Crippen LogP contribution in [0.25, 0.3) is 17.8 Å². The summed E-state index contributed by atoms with van der Waals surface area (Å²) >= 11 is 0. The SMILES string of the molecule is CNC(=O)c1cnc(C=Cc2cnn(-c3ccccc3)c2)[nH]c1=O. The maximum atomic E-state index is 11.8. The molecule has 1 aromatic carbocycles. The van der Waals surface area contributed by atoms with Crippen LogP contribution in [0.3, 0.4) is 0 Å². The van der Waals surface area contributed by atoms with E-state index in [1.165, 1.54) is 13.2 Å². The Kier molecular flexibility index (Phi) is 4.33. The van der Waals surface area contributed by atoms with E-state index in [2.05, 4.69) is 20.4 Å². The molecule has 2 aromatic heterocycles. The number of H-pyrrole nitrogens is 1. The van der Waals surface area contributed by atoms with Gasteiger partial charge in [0.05, 0.1) is 11.9 Å². The zero-order chi connectivity index (χ0) is 16.9. The van der Waals surface area contributed by atoms with Gasteiger partial charge in [0.1, 0.15) is 11.4 Å². The van der Waals surface area contributed by atoms with Crippen molar-refractivity contribution in [1.82, 2.24) is 25.1 Å². The van der Waals surface area contributed by atoms with E-state index in [1.807, 2.05) is 36.5 Å². The first-order valence-corrected chi connectivity index (χ1v) is 7.27. The second-order valence-corrected chi connectivity index (χ2v) is 4.98. The molecule has 0 bridgehead atoms. The lowest BCUT2D eigenvalue weighted by molar-refractivity contribution is 0.0961. The molecular formula is C17H15N5O2. The molecule has 0 aliphatic rings. The topological polar surface area (TPSA) is 92.7 Å². The van der Waals surface area contributed by atoms with Crippen molar-refractivity contribution in [2.75, 3.05) is 7.05 Å². The van der Waals surface area contributed by atoms with Crippen LogP contribution in [0, 0.1) is 0 Å². The van der Waals surface area contributed by atoms with Crippen molar-refractivity contribution in [1.29, 1.82) is 0 Å². The van der Waals surface area contributed by atoms with Gasteiger partial charge < -0.3 is 10.3 Å². The molecule has 3 rings (SSSR count). The molecule has 0 unspecified atom stereocenters. The Balaban J connectivity index is 1.79. The fourth-order valence-corrected chi connectivity index (χ4v) is 2.11. The van der Waals surface area contributed by atoms with Gasteiger partial charge in [0.2, 0.25) is 0 Å². The third-order valence-electron chi connectivity index (χ3n) is 3.35. The molecule has 0 fully saturated rings. The highest BCUT2D eigenvalue weighted by atomic mass is 16.2. The Morgan fingerprint density at radius 2 is 2.00 bits per heavy atom. The first-order chi connectivity index (χ1) is 11.7. The number of carbonyl (C=O) groups is 1. The molecule has 7 heteroatoms. The molecule has 0 radical (unpaired) electrons. The number of carbonyl (C=O) groups excluding carboxylic acids is 1. The number of hydrogen-bond donors (Lipinski definition) is 2. The molecule has 2 heterocycles. The quantitative estimate of drug-likeness (QED) is 0.761. The predicted molar refractivity (Wildman–Crippen MR) is 90.7 cm³/mol. The van der Waals surface area contributed by atoms with Crippen LogP contribution in [0.15, 0.2) is 53.7 Å². The third kappa shape index (κ3) is 3.30. The van der Waals surface area contributed by atoms with Crippen LogP contribution in [0.2, 0.25) is 0 Å². The number of hydrogen-bond acceptors (Lipinski definition) is 4. The Labute approximate surface area is 137 Å². The van der Waals surface area contributed by atoms with Crippen molar-refractivity contribution >= 4 is 18.1 Å². The monoisotopic (exact) mass is 321 g/mol. The standard InChI is InChI=1S/C17H15N5O2/c1-18-16(23)14-10-19-15(21-17(14)24)8-7-12-9-20-22(11-12)13-5-3-2-4-6-13/h2-11H,1H3,(H,18,23)(H,19,21,24). The number of nitrogens with one attached hydrogen (secondary N) is 2. The number of benzene rings is 1. The normalized spacial score (nSPS) is 10.9. The number of nitrogens with zero attached hydrogens (tertiary/aromatic N) is 3. The number of para-hydroxylation sites is 1.